The minimum atomic E-state index is -4.07. The summed E-state index contributed by atoms with van der Waals surface area (Å²) in [5.41, 5.74) is 16.7. The predicted molar refractivity (Wildman–Crippen MR) is 314 cm³/mol. The van der Waals surface area contributed by atoms with Gasteiger partial charge < -0.3 is 0 Å². The van der Waals surface area contributed by atoms with Gasteiger partial charge in [-0.3, -0.25) is 0 Å². The predicted octanol–water partition coefficient (Wildman–Crippen LogP) is 18.7. The van der Waals surface area contributed by atoms with E-state index in [1.165, 1.54) is 151 Å². The molecule has 0 radical (unpaired) electrons. The van der Waals surface area contributed by atoms with Crippen molar-refractivity contribution in [3.63, 3.8) is 0 Å². The summed E-state index contributed by atoms with van der Waals surface area (Å²) in [5.74, 6) is 0. The van der Waals surface area contributed by atoms with E-state index in [2.05, 4.69) is 166 Å². The molecule has 0 N–H and O–H groups in total. The van der Waals surface area contributed by atoms with Crippen molar-refractivity contribution < 1.29 is 17.4 Å². The van der Waals surface area contributed by atoms with Gasteiger partial charge in [-0.25, -0.2) is 0 Å². The molecule has 0 aliphatic heterocycles. The van der Waals surface area contributed by atoms with Crippen LogP contribution in [0.3, 0.4) is 0 Å². The van der Waals surface area contributed by atoms with Gasteiger partial charge in [0, 0.05) is 0 Å². The minimum absolute atomic E-state index is 0. The first-order chi connectivity index (χ1) is 31.4. The van der Waals surface area contributed by atoms with Gasteiger partial charge in [0.2, 0.25) is 0 Å². The third kappa shape index (κ3) is 11.8. The second-order valence-electron chi connectivity index (χ2n) is 25.9. The van der Waals surface area contributed by atoms with E-state index >= 15 is 0 Å². The molecule has 4 aromatic carbocycles. The third-order valence-electron chi connectivity index (χ3n) is 17.9. The van der Waals surface area contributed by atoms with Crippen molar-refractivity contribution in [3.05, 3.63) is 118 Å². The van der Waals surface area contributed by atoms with E-state index in [1.54, 1.807) is 32.6 Å². The molecule has 2 unspecified atom stereocenters. The first-order valence-electron chi connectivity index (χ1n) is 27.3. The van der Waals surface area contributed by atoms with Gasteiger partial charge in [0.25, 0.3) is 0 Å². The second kappa shape index (κ2) is 22.3. The number of rotatable bonds is 14. The van der Waals surface area contributed by atoms with Crippen molar-refractivity contribution in [2.45, 2.75) is 198 Å². The molecule has 0 aromatic heterocycles. The van der Waals surface area contributed by atoms with E-state index in [4.69, 9.17) is 0 Å². The van der Waals surface area contributed by atoms with Crippen LogP contribution >= 0.6 is 24.8 Å². The molecule has 0 bridgehead atoms. The van der Waals surface area contributed by atoms with E-state index < -0.39 is 33.5 Å². The molecule has 370 valence electrons. The molecule has 68 heavy (non-hydrogen) atoms. The minimum Gasteiger partial charge on any atom is -0.147 e. The van der Waals surface area contributed by atoms with Gasteiger partial charge in [0.1, 0.15) is 0 Å². The van der Waals surface area contributed by atoms with Gasteiger partial charge in [-0.15, -0.1) is 24.8 Å². The summed E-state index contributed by atoms with van der Waals surface area (Å²) < 4.78 is 7.00. The molecule has 0 nitrogen and oxygen atoms in total. The Kier molecular flexibility index (Phi) is 18.3. The summed E-state index contributed by atoms with van der Waals surface area (Å²) in [6.07, 6.45) is 33.4. The van der Waals surface area contributed by atoms with Crippen LogP contribution in [0, 0.1) is 10.8 Å². The maximum Gasteiger partial charge on any atom is -0.147 e. The fourth-order valence-electron chi connectivity index (χ4n) is 14.7. The Bertz CT molecular complexity index is 2290. The van der Waals surface area contributed by atoms with E-state index in [1.807, 2.05) is 11.1 Å². The zero-order chi connectivity index (χ0) is 47.0. The van der Waals surface area contributed by atoms with Gasteiger partial charge in [0.15, 0.2) is 0 Å². The Balaban J connectivity index is 0.00000381. The van der Waals surface area contributed by atoms with Gasteiger partial charge in [-0.1, -0.05) is 0 Å². The van der Waals surface area contributed by atoms with Gasteiger partial charge in [0.05, 0.1) is 0 Å². The number of hydrogen-bond acceptors (Lipinski definition) is 0. The molecule has 4 aliphatic carbocycles. The fourth-order valence-corrected chi connectivity index (χ4v) is 36.7. The van der Waals surface area contributed by atoms with Crippen LogP contribution in [0.4, 0.5) is 0 Å². The quantitative estimate of drug-likeness (QED) is 0.110. The first-order valence-corrected chi connectivity index (χ1v) is 48.0. The average Bonchev–Trinajstić information content (AvgIpc) is 3.82. The van der Waals surface area contributed by atoms with Crippen LogP contribution in [0.15, 0.2) is 96.1 Å². The summed E-state index contributed by atoms with van der Waals surface area (Å²) in [7, 11) is -2.82. The topological polar surface area (TPSA) is 0 Å². The van der Waals surface area contributed by atoms with E-state index in [0.29, 0.717) is 18.1 Å². The molecule has 4 aromatic rings. The van der Waals surface area contributed by atoms with Crippen LogP contribution in [0.2, 0.25) is 48.5 Å². The Morgan fingerprint density at radius 3 is 1.12 bits per heavy atom. The third-order valence-corrected chi connectivity index (χ3v) is 39.5. The summed E-state index contributed by atoms with van der Waals surface area (Å²) in [6.45, 7) is 22.5. The summed E-state index contributed by atoms with van der Waals surface area (Å²) in [4.78, 5) is 0. The van der Waals surface area contributed by atoms with E-state index in [0.717, 1.165) is 0 Å². The molecular formula is C62H92Cl2Si3Zr. The Labute approximate surface area is 433 Å². The molecule has 2 fully saturated rings. The zero-order valence-electron chi connectivity index (χ0n) is 44.6. The Morgan fingerprint density at radius 2 is 0.809 bits per heavy atom. The number of allylic oxidation sites excluding steroid dienone is 2. The smallest absolute Gasteiger partial charge is 0.147 e. The van der Waals surface area contributed by atoms with Crippen molar-refractivity contribution in [1.29, 1.82) is 0 Å². The SMILES string of the molecule is CCCC1(CC2=Cc3c(-c4ccc([Si](C)(C)C)cc4)cccc3[CH]2[Zr]([CH3])([CH3])(=[SiH2])[CH]2C(CC3(CCC)CCCCCCC3)=Cc3c(-c4ccc([Si](C)(C)C)cc4)cccc32)CCCCCCC1.Cl.Cl. The van der Waals surface area contributed by atoms with Gasteiger partial charge in [-0.2, -0.15) is 0 Å². The van der Waals surface area contributed by atoms with Crippen LogP contribution in [0.1, 0.15) is 172 Å². The van der Waals surface area contributed by atoms with Gasteiger partial charge in [-0.05, 0) is 0 Å². The Morgan fingerprint density at radius 1 is 0.485 bits per heavy atom. The van der Waals surface area contributed by atoms with E-state index in [-0.39, 0.29) is 24.8 Å². The van der Waals surface area contributed by atoms with E-state index in [9.17, 15) is 0 Å². The number of halogens is 2. The molecule has 8 rings (SSSR count). The first kappa shape index (κ1) is 55.8. The van der Waals surface area contributed by atoms with Crippen molar-refractivity contribution >= 4 is 70.4 Å². The van der Waals surface area contributed by atoms with Crippen molar-refractivity contribution in [3.8, 4) is 22.3 Å². The van der Waals surface area contributed by atoms with Crippen molar-refractivity contribution in [2.24, 2.45) is 10.8 Å². The average molecular weight is 1080 g/mol. The zero-order valence-corrected chi connectivity index (χ0v) is 52.1. The molecule has 2 saturated carbocycles. The summed E-state index contributed by atoms with van der Waals surface area (Å²) in [5, 5.41) is 3.11. The molecule has 6 heteroatoms. The molecule has 2 atom stereocenters. The maximum atomic E-state index is 2.97. The fraction of sp³-hybridized carbons (Fsp3) is 0.548. The van der Waals surface area contributed by atoms with Crippen molar-refractivity contribution in [1.82, 2.24) is 0 Å². The number of fused-ring (bicyclic) bond motifs is 2. The largest absolute Gasteiger partial charge is 0.147 e. The second-order valence-corrected chi connectivity index (χ2v) is 66.5. The van der Waals surface area contributed by atoms with Crippen molar-refractivity contribution in [2.75, 3.05) is 0 Å². The summed E-state index contributed by atoms with van der Waals surface area (Å²) >= 11 is -4.07. The number of benzene rings is 4. The van der Waals surface area contributed by atoms with Crippen LogP contribution in [-0.4, -0.2) is 23.0 Å². The molecule has 4 aliphatic rings. The Hall–Kier alpha value is -1.53. The van der Waals surface area contributed by atoms with Gasteiger partial charge >= 0.3 is 412 Å². The molecule has 0 amide bonds. The van der Waals surface area contributed by atoms with Crippen LogP contribution in [0.5, 0.6) is 0 Å². The summed E-state index contributed by atoms with van der Waals surface area (Å²) in [6, 6.07) is 34.9. The normalized spacial score (nSPS) is 20.8. The maximum absolute atomic E-state index is 4.07. The van der Waals surface area contributed by atoms with Crippen LogP contribution in [-0.2, 0) is 17.4 Å². The number of hydrogen-bond donors (Lipinski definition) is 0. The monoisotopic (exact) mass is 1080 g/mol. The molecule has 0 spiro atoms. The standard InChI is InChI=1S/2C30H41Si.2CH3.2ClH.H2Si.Zr/c2*1-5-18-30(19-9-7-6-8-10-20-30)23-24-21-26-12-11-13-28(29(26)22-24)25-14-16-27(17-15-25)31(2,3)4;;;;;;/h2*11-17,21-22H,5-10,18-20,23H2,1-4H3;2*1H3;2*1H;1H2;. The molecule has 0 heterocycles. The molecule has 0 saturated heterocycles. The molecular weight excluding hydrogens is 991 g/mol. The van der Waals surface area contributed by atoms with Crippen LogP contribution < -0.4 is 10.4 Å². The van der Waals surface area contributed by atoms with Crippen LogP contribution in [0.25, 0.3) is 34.4 Å².